The number of halogens is 1. The molecule has 1 aromatic rings. The minimum atomic E-state index is -0.326. The van der Waals surface area contributed by atoms with Crippen LogP contribution in [0.15, 0.2) is 18.2 Å². The van der Waals surface area contributed by atoms with Gasteiger partial charge in [0.05, 0.1) is 18.8 Å². The molecule has 0 fully saturated rings. The van der Waals surface area contributed by atoms with Gasteiger partial charge in [-0.15, -0.1) is 0 Å². The van der Waals surface area contributed by atoms with Crippen LogP contribution in [-0.4, -0.2) is 31.0 Å². The van der Waals surface area contributed by atoms with Gasteiger partial charge in [-0.1, -0.05) is 17.9 Å². The van der Waals surface area contributed by atoms with Gasteiger partial charge in [0.25, 0.3) is 0 Å². The fourth-order valence-corrected chi connectivity index (χ4v) is 1.61. The summed E-state index contributed by atoms with van der Waals surface area (Å²) in [5.74, 6) is 5.34. The molecule has 0 aliphatic heterocycles. The molecule has 116 valence electrons. The fraction of sp³-hybridized carbons (Fsp3) is 0.529. The fourth-order valence-electron chi connectivity index (χ4n) is 1.61. The summed E-state index contributed by atoms with van der Waals surface area (Å²) in [5.41, 5.74) is 1.23. The van der Waals surface area contributed by atoms with E-state index in [4.69, 9.17) is 14.6 Å². The average Bonchev–Trinajstić information content (AvgIpc) is 2.45. The molecular formula is C17H23FO3. The molecule has 0 unspecified atom stereocenters. The summed E-state index contributed by atoms with van der Waals surface area (Å²) in [7, 11) is 1.68. The van der Waals surface area contributed by atoms with Gasteiger partial charge < -0.3 is 14.6 Å². The lowest BCUT2D eigenvalue weighted by molar-refractivity contribution is -0.0124. The third kappa shape index (κ3) is 6.72. The van der Waals surface area contributed by atoms with E-state index in [1.165, 1.54) is 12.1 Å². The molecule has 0 atom stereocenters. The summed E-state index contributed by atoms with van der Waals surface area (Å²) in [6, 6.07) is 4.47. The molecule has 0 bridgehead atoms. The summed E-state index contributed by atoms with van der Waals surface area (Å²) < 4.78 is 24.2. The Balaban J connectivity index is 2.60. The number of ether oxygens (including phenoxy) is 2. The van der Waals surface area contributed by atoms with Crippen molar-refractivity contribution in [1.82, 2.24) is 0 Å². The number of aliphatic hydroxyl groups excluding tert-OH is 1. The topological polar surface area (TPSA) is 38.7 Å². The highest BCUT2D eigenvalue weighted by Crippen LogP contribution is 2.15. The molecule has 0 aromatic heterocycles. The maximum Gasteiger partial charge on any atom is 0.124 e. The Labute approximate surface area is 126 Å². The van der Waals surface area contributed by atoms with Crippen LogP contribution in [0, 0.1) is 17.7 Å². The van der Waals surface area contributed by atoms with E-state index in [-0.39, 0.29) is 18.0 Å². The van der Waals surface area contributed by atoms with E-state index in [0.717, 1.165) is 12.0 Å². The standard InChI is InChI=1S/C17H23FO3/c1-17(2,20-3)9-11-21-13-15-7-8-16(18)12-14(15)6-4-5-10-19/h7-8,12,19H,5,9-11,13H2,1-3H3. The SMILES string of the molecule is COC(C)(C)CCOCc1ccc(F)cc1C#CCCO. The monoisotopic (exact) mass is 294 g/mol. The lowest BCUT2D eigenvalue weighted by atomic mass is 10.1. The molecule has 4 heteroatoms. The van der Waals surface area contributed by atoms with Crippen LogP contribution >= 0.6 is 0 Å². The van der Waals surface area contributed by atoms with Crippen molar-refractivity contribution >= 4 is 0 Å². The molecule has 21 heavy (non-hydrogen) atoms. The summed E-state index contributed by atoms with van der Waals surface area (Å²) in [5, 5.41) is 8.73. The summed E-state index contributed by atoms with van der Waals surface area (Å²) in [6.07, 6.45) is 1.15. The molecule has 0 saturated carbocycles. The largest absolute Gasteiger partial charge is 0.395 e. The Hall–Kier alpha value is -1.41. The van der Waals surface area contributed by atoms with Gasteiger partial charge in [-0.25, -0.2) is 4.39 Å². The zero-order valence-corrected chi connectivity index (χ0v) is 12.9. The van der Waals surface area contributed by atoms with Crippen molar-refractivity contribution in [1.29, 1.82) is 0 Å². The smallest absolute Gasteiger partial charge is 0.124 e. The first kappa shape index (κ1) is 17.6. The zero-order valence-electron chi connectivity index (χ0n) is 12.9. The van der Waals surface area contributed by atoms with Crippen LogP contribution in [0.2, 0.25) is 0 Å². The van der Waals surface area contributed by atoms with Crippen LogP contribution in [0.5, 0.6) is 0 Å². The Morgan fingerprint density at radius 3 is 2.76 bits per heavy atom. The second kappa shape index (κ2) is 8.78. The highest BCUT2D eigenvalue weighted by Gasteiger charge is 2.15. The first-order valence-corrected chi connectivity index (χ1v) is 6.99. The number of benzene rings is 1. The van der Waals surface area contributed by atoms with E-state index < -0.39 is 0 Å². The molecule has 0 aliphatic carbocycles. The average molecular weight is 294 g/mol. The van der Waals surface area contributed by atoms with Crippen LogP contribution in [0.25, 0.3) is 0 Å². The lowest BCUT2D eigenvalue weighted by Crippen LogP contribution is -2.24. The molecule has 3 nitrogen and oxygen atoms in total. The van der Waals surface area contributed by atoms with Gasteiger partial charge >= 0.3 is 0 Å². The van der Waals surface area contributed by atoms with Crippen molar-refractivity contribution in [2.45, 2.75) is 38.9 Å². The molecule has 0 spiro atoms. The molecule has 0 amide bonds. The third-order valence-corrected chi connectivity index (χ3v) is 3.19. The molecule has 0 radical (unpaired) electrons. The minimum absolute atomic E-state index is 0.000247. The Kier molecular flexibility index (Phi) is 7.38. The predicted molar refractivity (Wildman–Crippen MR) is 80.3 cm³/mol. The van der Waals surface area contributed by atoms with Crippen LogP contribution in [-0.2, 0) is 16.1 Å². The number of hydrogen-bond donors (Lipinski definition) is 1. The molecule has 0 aliphatic rings. The summed E-state index contributed by atoms with van der Waals surface area (Å²) >= 11 is 0. The first-order chi connectivity index (χ1) is 9.98. The Morgan fingerprint density at radius 1 is 1.33 bits per heavy atom. The van der Waals surface area contributed by atoms with Crippen LogP contribution in [0.1, 0.15) is 37.8 Å². The van der Waals surface area contributed by atoms with Crippen molar-refractivity contribution in [3.8, 4) is 11.8 Å². The van der Waals surface area contributed by atoms with E-state index in [1.807, 2.05) is 13.8 Å². The normalized spacial score (nSPS) is 11.1. The predicted octanol–water partition coefficient (Wildman–Crippen LogP) is 2.89. The second-order valence-electron chi connectivity index (χ2n) is 5.34. The quantitative estimate of drug-likeness (QED) is 0.621. The minimum Gasteiger partial charge on any atom is -0.395 e. The zero-order chi connectivity index (χ0) is 15.7. The molecule has 0 saturated heterocycles. The Morgan fingerprint density at radius 2 is 2.10 bits per heavy atom. The molecule has 1 N–H and O–H groups in total. The molecule has 1 rings (SSSR count). The van der Waals surface area contributed by atoms with Gasteiger partial charge in [0, 0.05) is 25.7 Å². The van der Waals surface area contributed by atoms with Crippen LogP contribution < -0.4 is 0 Å². The highest BCUT2D eigenvalue weighted by molar-refractivity contribution is 5.41. The number of rotatable bonds is 7. The molecule has 0 heterocycles. The van der Waals surface area contributed by atoms with E-state index >= 15 is 0 Å². The summed E-state index contributed by atoms with van der Waals surface area (Å²) in [6.45, 7) is 4.94. The van der Waals surface area contributed by atoms with Crippen molar-refractivity contribution in [3.63, 3.8) is 0 Å². The van der Waals surface area contributed by atoms with Gasteiger partial charge in [-0.3, -0.25) is 0 Å². The van der Waals surface area contributed by atoms with Crippen molar-refractivity contribution in [3.05, 3.63) is 35.1 Å². The van der Waals surface area contributed by atoms with Gasteiger partial charge in [0.15, 0.2) is 0 Å². The van der Waals surface area contributed by atoms with Gasteiger partial charge in [0.2, 0.25) is 0 Å². The highest BCUT2D eigenvalue weighted by atomic mass is 19.1. The van der Waals surface area contributed by atoms with Crippen molar-refractivity contribution in [2.75, 3.05) is 20.3 Å². The van der Waals surface area contributed by atoms with Crippen LogP contribution in [0.3, 0.4) is 0 Å². The van der Waals surface area contributed by atoms with Crippen molar-refractivity contribution in [2.24, 2.45) is 0 Å². The van der Waals surface area contributed by atoms with E-state index in [2.05, 4.69) is 11.8 Å². The van der Waals surface area contributed by atoms with Gasteiger partial charge in [0.1, 0.15) is 5.82 Å². The van der Waals surface area contributed by atoms with Crippen molar-refractivity contribution < 1.29 is 19.0 Å². The van der Waals surface area contributed by atoms with Gasteiger partial charge in [-0.2, -0.15) is 0 Å². The second-order valence-corrected chi connectivity index (χ2v) is 5.34. The molecular weight excluding hydrogens is 271 g/mol. The lowest BCUT2D eigenvalue weighted by Gasteiger charge is -2.22. The first-order valence-electron chi connectivity index (χ1n) is 6.99. The van der Waals surface area contributed by atoms with Gasteiger partial charge in [-0.05, 0) is 38.0 Å². The Bertz CT molecular complexity index is 500. The number of hydrogen-bond acceptors (Lipinski definition) is 3. The molecule has 1 aromatic carbocycles. The van der Waals surface area contributed by atoms with E-state index in [0.29, 0.717) is 25.2 Å². The van der Waals surface area contributed by atoms with Crippen LogP contribution in [0.4, 0.5) is 4.39 Å². The van der Waals surface area contributed by atoms with E-state index in [9.17, 15) is 4.39 Å². The van der Waals surface area contributed by atoms with E-state index in [1.54, 1.807) is 13.2 Å². The number of methoxy groups -OCH3 is 1. The third-order valence-electron chi connectivity index (χ3n) is 3.19. The maximum atomic E-state index is 13.3. The summed E-state index contributed by atoms with van der Waals surface area (Å²) in [4.78, 5) is 0. The number of aliphatic hydroxyl groups is 1. The maximum absolute atomic E-state index is 13.3.